The molecule has 2 N–H and O–H groups in total. The molecule has 2 aromatic rings. The molecule has 4 nitrogen and oxygen atoms in total. The number of carbonyl (C=O) groups is 1. The lowest BCUT2D eigenvalue weighted by Crippen LogP contribution is -2.27. The molecule has 0 heterocycles. The lowest BCUT2D eigenvalue weighted by molar-refractivity contribution is -0.126. The Balaban J connectivity index is 2.35. The van der Waals surface area contributed by atoms with Crippen LogP contribution in [0.5, 0.6) is 0 Å². The SMILES string of the molecule is O=C(C[S@](=O)C(c1ccccc1)c1ccccc1)NO. The van der Waals surface area contributed by atoms with E-state index in [1.807, 2.05) is 60.7 Å². The molecule has 0 fully saturated rings. The van der Waals surface area contributed by atoms with Gasteiger partial charge in [-0.15, -0.1) is 0 Å². The normalized spacial score (nSPS) is 12.1. The summed E-state index contributed by atoms with van der Waals surface area (Å²) >= 11 is 0. The maximum absolute atomic E-state index is 12.5. The molecule has 2 aromatic carbocycles. The summed E-state index contributed by atoms with van der Waals surface area (Å²) in [5.74, 6) is -0.898. The Morgan fingerprint density at radius 2 is 1.45 bits per heavy atom. The third kappa shape index (κ3) is 3.53. The van der Waals surface area contributed by atoms with Gasteiger partial charge in [0.15, 0.2) is 0 Å². The molecule has 0 aliphatic rings. The molecule has 104 valence electrons. The van der Waals surface area contributed by atoms with Gasteiger partial charge in [-0.1, -0.05) is 60.7 Å². The predicted octanol–water partition coefficient (Wildman–Crippen LogP) is 2.03. The fourth-order valence-corrected chi connectivity index (χ4v) is 3.41. The van der Waals surface area contributed by atoms with E-state index in [0.717, 1.165) is 11.1 Å². The molecule has 0 aromatic heterocycles. The number of carbonyl (C=O) groups excluding carboxylic acids is 1. The minimum absolute atomic E-state index is 0.245. The minimum atomic E-state index is -1.46. The Hall–Kier alpha value is -1.98. The molecule has 0 unspecified atom stereocenters. The Morgan fingerprint density at radius 3 is 1.85 bits per heavy atom. The first-order chi connectivity index (χ1) is 9.72. The van der Waals surface area contributed by atoms with E-state index in [9.17, 15) is 9.00 Å². The van der Waals surface area contributed by atoms with Crippen LogP contribution >= 0.6 is 0 Å². The highest BCUT2D eigenvalue weighted by atomic mass is 32.2. The van der Waals surface area contributed by atoms with Crippen LogP contribution in [0.3, 0.4) is 0 Å². The van der Waals surface area contributed by atoms with Crippen LogP contribution in [0.15, 0.2) is 60.7 Å². The number of benzene rings is 2. The summed E-state index contributed by atoms with van der Waals surface area (Å²) in [6, 6.07) is 18.8. The van der Waals surface area contributed by atoms with E-state index < -0.39 is 22.0 Å². The van der Waals surface area contributed by atoms with E-state index in [-0.39, 0.29) is 5.75 Å². The van der Waals surface area contributed by atoms with Gasteiger partial charge in [0.1, 0.15) is 5.75 Å². The predicted molar refractivity (Wildman–Crippen MR) is 77.7 cm³/mol. The third-order valence-corrected chi connectivity index (χ3v) is 4.48. The van der Waals surface area contributed by atoms with Crippen molar-refractivity contribution in [2.45, 2.75) is 5.25 Å². The lowest BCUT2D eigenvalue weighted by Gasteiger charge is -2.17. The largest absolute Gasteiger partial charge is 0.289 e. The molecule has 5 heteroatoms. The number of nitrogens with one attached hydrogen (secondary N) is 1. The van der Waals surface area contributed by atoms with Gasteiger partial charge in [-0.25, -0.2) is 5.48 Å². The van der Waals surface area contributed by atoms with Crippen molar-refractivity contribution in [3.05, 3.63) is 71.8 Å². The molecule has 2 rings (SSSR count). The van der Waals surface area contributed by atoms with Crippen LogP contribution in [0.2, 0.25) is 0 Å². The molecule has 1 atom stereocenters. The summed E-state index contributed by atoms with van der Waals surface area (Å²) in [5, 5.41) is 8.18. The molecule has 0 saturated carbocycles. The number of amides is 1. The highest BCUT2D eigenvalue weighted by Gasteiger charge is 2.22. The quantitative estimate of drug-likeness (QED) is 0.654. The summed E-state index contributed by atoms with van der Waals surface area (Å²) in [7, 11) is -1.46. The van der Waals surface area contributed by atoms with Crippen LogP contribution in [-0.2, 0) is 15.6 Å². The van der Waals surface area contributed by atoms with Crippen LogP contribution in [0.1, 0.15) is 16.4 Å². The van der Waals surface area contributed by atoms with Crippen LogP contribution in [0, 0.1) is 0 Å². The van der Waals surface area contributed by atoms with E-state index >= 15 is 0 Å². The van der Waals surface area contributed by atoms with Crippen LogP contribution in [0.25, 0.3) is 0 Å². The first-order valence-corrected chi connectivity index (χ1v) is 7.50. The molecule has 0 spiro atoms. The van der Waals surface area contributed by atoms with Gasteiger partial charge in [0.25, 0.3) is 5.91 Å². The highest BCUT2D eigenvalue weighted by molar-refractivity contribution is 7.86. The number of hydrogen-bond donors (Lipinski definition) is 2. The number of hydroxylamine groups is 1. The molecule has 1 amide bonds. The highest BCUT2D eigenvalue weighted by Crippen LogP contribution is 2.28. The van der Waals surface area contributed by atoms with Gasteiger partial charge in [0.2, 0.25) is 0 Å². The standard InChI is InChI=1S/C15H15NO3S/c17-14(16-18)11-20(19)15(12-7-3-1-4-8-12)13-9-5-2-6-10-13/h1-10,15,18H,11H2,(H,16,17)/t20-/m0/s1. The van der Waals surface area contributed by atoms with Crippen molar-refractivity contribution in [1.82, 2.24) is 5.48 Å². The molecule has 0 radical (unpaired) electrons. The van der Waals surface area contributed by atoms with Gasteiger partial charge in [0.05, 0.1) is 5.25 Å². The van der Waals surface area contributed by atoms with Crippen molar-refractivity contribution in [2.75, 3.05) is 5.75 Å². The summed E-state index contributed by atoms with van der Waals surface area (Å²) in [6.07, 6.45) is 0. The van der Waals surface area contributed by atoms with Gasteiger partial charge >= 0.3 is 0 Å². The average Bonchev–Trinajstić information content (AvgIpc) is 2.49. The second kappa shape index (κ2) is 6.98. The van der Waals surface area contributed by atoms with Gasteiger partial charge in [-0.05, 0) is 11.1 Å². The van der Waals surface area contributed by atoms with E-state index in [1.54, 1.807) is 0 Å². The molecular formula is C15H15NO3S. The van der Waals surface area contributed by atoms with E-state index in [0.29, 0.717) is 0 Å². The fourth-order valence-electron chi connectivity index (χ4n) is 2.00. The summed E-state index contributed by atoms with van der Waals surface area (Å²) in [4.78, 5) is 11.2. The molecule has 0 aliphatic heterocycles. The number of hydrogen-bond acceptors (Lipinski definition) is 3. The maximum Gasteiger partial charge on any atom is 0.255 e. The molecule has 20 heavy (non-hydrogen) atoms. The second-order valence-corrected chi connectivity index (χ2v) is 5.78. The lowest BCUT2D eigenvalue weighted by atomic mass is 10.0. The molecule has 0 saturated heterocycles. The first-order valence-electron chi connectivity index (χ1n) is 6.12. The first kappa shape index (κ1) is 14.4. The van der Waals surface area contributed by atoms with Crippen LogP contribution < -0.4 is 5.48 Å². The maximum atomic E-state index is 12.5. The molecule has 0 aliphatic carbocycles. The summed E-state index contributed by atoms with van der Waals surface area (Å²) in [5.41, 5.74) is 3.28. The van der Waals surface area contributed by atoms with Crippen molar-refractivity contribution >= 4 is 16.7 Å². The summed E-state index contributed by atoms with van der Waals surface area (Å²) in [6.45, 7) is 0. The van der Waals surface area contributed by atoms with Gasteiger partial charge in [-0.3, -0.25) is 14.2 Å². The number of rotatable bonds is 5. The van der Waals surface area contributed by atoms with Crippen molar-refractivity contribution in [3.8, 4) is 0 Å². The zero-order valence-electron chi connectivity index (χ0n) is 10.7. The van der Waals surface area contributed by atoms with E-state index in [2.05, 4.69) is 0 Å². The van der Waals surface area contributed by atoms with E-state index in [4.69, 9.17) is 5.21 Å². The zero-order valence-corrected chi connectivity index (χ0v) is 11.5. The van der Waals surface area contributed by atoms with Gasteiger partial charge < -0.3 is 0 Å². The Labute approximate surface area is 119 Å². The smallest absolute Gasteiger partial charge is 0.255 e. The second-order valence-electron chi connectivity index (χ2n) is 4.26. The van der Waals surface area contributed by atoms with E-state index in [1.165, 1.54) is 5.48 Å². The Morgan fingerprint density at radius 1 is 1.00 bits per heavy atom. The van der Waals surface area contributed by atoms with Crippen LogP contribution in [-0.4, -0.2) is 21.1 Å². The third-order valence-electron chi connectivity index (χ3n) is 2.87. The van der Waals surface area contributed by atoms with Gasteiger partial charge in [-0.2, -0.15) is 0 Å². The molecular weight excluding hydrogens is 274 g/mol. The fraction of sp³-hybridized carbons (Fsp3) is 0.133. The monoisotopic (exact) mass is 289 g/mol. The Kier molecular flexibility index (Phi) is 5.03. The zero-order chi connectivity index (χ0) is 14.4. The van der Waals surface area contributed by atoms with Gasteiger partial charge in [0, 0.05) is 10.8 Å². The van der Waals surface area contributed by atoms with Crippen molar-refractivity contribution in [1.29, 1.82) is 0 Å². The van der Waals surface area contributed by atoms with Crippen molar-refractivity contribution in [2.24, 2.45) is 0 Å². The minimum Gasteiger partial charge on any atom is -0.289 e. The summed E-state index contributed by atoms with van der Waals surface area (Å²) < 4.78 is 12.5. The van der Waals surface area contributed by atoms with Crippen molar-refractivity contribution < 1.29 is 14.2 Å². The average molecular weight is 289 g/mol. The molecule has 0 bridgehead atoms. The van der Waals surface area contributed by atoms with Crippen molar-refractivity contribution in [3.63, 3.8) is 0 Å². The topological polar surface area (TPSA) is 66.4 Å². The van der Waals surface area contributed by atoms with Crippen LogP contribution in [0.4, 0.5) is 0 Å². The Bertz CT molecular complexity index is 547.